The zero-order valence-electron chi connectivity index (χ0n) is 10.00. The standard InChI is InChI=1S/C13H14N2O2.ClH/c1-17-13(16)8-11(14)9-6-7-15-12-5-3-2-4-10(9)12;/h2-7,11H,8,14H2,1H3;1H/t11-;/m1./s1. The molecule has 0 aliphatic carbocycles. The van der Waals surface area contributed by atoms with Gasteiger partial charge in [0.05, 0.1) is 19.0 Å². The molecule has 0 bridgehead atoms. The van der Waals surface area contributed by atoms with Crippen LogP contribution in [0.25, 0.3) is 10.9 Å². The second kappa shape index (κ2) is 6.33. The fourth-order valence-corrected chi connectivity index (χ4v) is 1.81. The van der Waals surface area contributed by atoms with E-state index in [9.17, 15) is 4.79 Å². The number of para-hydroxylation sites is 1. The number of hydrogen-bond donors (Lipinski definition) is 1. The Hall–Kier alpha value is -1.65. The number of carbonyl (C=O) groups is 1. The lowest BCUT2D eigenvalue weighted by Crippen LogP contribution is -2.16. The number of benzene rings is 1. The van der Waals surface area contributed by atoms with Crippen molar-refractivity contribution in [3.63, 3.8) is 0 Å². The molecule has 1 atom stereocenters. The van der Waals surface area contributed by atoms with E-state index in [1.807, 2.05) is 30.3 Å². The third-order valence-corrected chi connectivity index (χ3v) is 2.70. The number of halogens is 1. The molecule has 1 heterocycles. The zero-order chi connectivity index (χ0) is 12.3. The molecular weight excluding hydrogens is 252 g/mol. The zero-order valence-corrected chi connectivity index (χ0v) is 10.8. The van der Waals surface area contributed by atoms with Crippen molar-refractivity contribution in [2.45, 2.75) is 12.5 Å². The van der Waals surface area contributed by atoms with E-state index < -0.39 is 0 Å². The van der Waals surface area contributed by atoms with Crippen LogP contribution in [0.3, 0.4) is 0 Å². The third-order valence-electron chi connectivity index (χ3n) is 2.70. The van der Waals surface area contributed by atoms with Crippen molar-refractivity contribution >= 4 is 29.3 Å². The molecular formula is C13H15ClN2O2. The Kier molecular flexibility index (Phi) is 5.07. The van der Waals surface area contributed by atoms with E-state index in [0.29, 0.717) is 0 Å². The number of carbonyl (C=O) groups excluding carboxylic acids is 1. The Bertz CT molecular complexity index is 540. The van der Waals surface area contributed by atoms with Gasteiger partial charge in [0, 0.05) is 17.6 Å². The number of rotatable bonds is 3. The number of methoxy groups -OCH3 is 1. The third kappa shape index (κ3) is 2.97. The summed E-state index contributed by atoms with van der Waals surface area (Å²) in [5.74, 6) is -0.307. The Labute approximate surface area is 112 Å². The lowest BCUT2D eigenvalue weighted by atomic mass is 10.0. The Morgan fingerprint density at radius 1 is 1.39 bits per heavy atom. The van der Waals surface area contributed by atoms with E-state index in [1.165, 1.54) is 7.11 Å². The van der Waals surface area contributed by atoms with Crippen LogP contribution in [0.5, 0.6) is 0 Å². The fraction of sp³-hybridized carbons (Fsp3) is 0.231. The molecule has 0 amide bonds. The largest absolute Gasteiger partial charge is 0.469 e. The molecule has 2 rings (SSSR count). The van der Waals surface area contributed by atoms with Crippen LogP contribution in [-0.2, 0) is 9.53 Å². The molecule has 4 nitrogen and oxygen atoms in total. The van der Waals surface area contributed by atoms with Gasteiger partial charge in [-0.05, 0) is 17.7 Å². The second-order valence-corrected chi connectivity index (χ2v) is 3.80. The maximum absolute atomic E-state index is 11.2. The average Bonchev–Trinajstić information content (AvgIpc) is 2.37. The SMILES string of the molecule is COC(=O)C[C@@H](N)c1ccnc2ccccc12.Cl. The van der Waals surface area contributed by atoms with Gasteiger partial charge in [-0.3, -0.25) is 9.78 Å². The molecule has 0 saturated carbocycles. The molecule has 96 valence electrons. The summed E-state index contributed by atoms with van der Waals surface area (Å²) in [5.41, 5.74) is 7.81. The Balaban J connectivity index is 0.00000162. The fourth-order valence-electron chi connectivity index (χ4n) is 1.81. The molecule has 2 aromatic rings. The van der Waals surface area contributed by atoms with E-state index in [2.05, 4.69) is 9.72 Å². The highest BCUT2D eigenvalue weighted by Gasteiger charge is 2.14. The Morgan fingerprint density at radius 3 is 2.83 bits per heavy atom. The van der Waals surface area contributed by atoms with Crippen molar-refractivity contribution < 1.29 is 9.53 Å². The first kappa shape index (κ1) is 14.4. The summed E-state index contributed by atoms with van der Waals surface area (Å²) >= 11 is 0. The smallest absolute Gasteiger partial charge is 0.307 e. The van der Waals surface area contributed by atoms with Crippen LogP contribution < -0.4 is 5.73 Å². The van der Waals surface area contributed by atoms with Crippen LogP contribution >= 0.6 is 12.4 Å². The number of nitrogens with two attached hydrogens (primary N) is 1. The summed E-state index contributed by atoms with van der Waals surface area (Å²) in [6.45, 7) is 0. The summed E-state index contributed by atoms with van der Waals surface area (Å²) in [6, 6.07) is 9.20. The normalized spacial score (nSPS) is 11.7. The number of esters is 1. The van der Waals surface area contributed by atoms with Gasteiger partial charge >= 0.3 is 5.97 Å². The highest BCUT2D eigenvalue weighted by molar-refractivity contribution is 5.85. The van der Waals surface area contributed by atoms with Crippen LogP contribution in [0.2, 0.25) is 0 Å². The van der Waals surface area contributed by atoms with Gasteiger partial charge in [-0.15, -0.1) is 12.4 Å². The summed E-state index contributed by atoms with van der Waals surface area (Å²) < 4.78 is 4.62. The number of aromatic nitrogens is 1. The molecule has 1 aromatic heterocycles. The molecule has 0 unspecified atom stereocenters. The number of pyridine rings is 1. The van der Waals surface area contributed by atoms with Crippen LogP contribution in [0.4, 0.5) is 0 Å². The molecule has 0 spiro atoms. The predicted molar refractivity (Wildman–Crippen MR) is 72.6 cm³/mol. The van der Waals surface area contributed by atoms with Crippen LogP contribution in [0.1, 0.15) is 18.0 Å². The van der Waals surface area contributed by atoms with Gasteiger partial charge in [0.15, 0.2) is 0 Å². The van der Waals surface area contributed by atoms with E-state index in [0.717, 1.165) is 16.5 Å². The summed E-state index contributed by atoms with van der Waals surface area (Å²) in [5, 5.41) is 0.978. The monoisotopic (exact) mass is 266 g/mol. The lowest BCUT2D eigenvalue weighted by molar-refractivity contribution is -0.141. The minimum absolute atomic E-state index is 0. The molecule has 0 radical (unpaired) electrons. The summed E-state index contributed by atoms with van der Waals surface area (Å²) in [4.78, 5) is 15.5. The topological polar surface area (TPSA) is 65.2 Å². The van der Waals surface area contributed by atoms with Crippen molar-refractivity contribution in [3.8, 4) is 0 Å². The molecule has 2 N–H and O–H groups in total. The van der Waals surface area contributed by atoms with Gasteiger partial charge < -0.3 is 10.5 Å². The van der Waals surface area contributed by atoms with Crippen LogP contribution in [-0.4, -0.2) is 18.1 Å². The number of nitrogens with zero attached hydrogens (tertiary/aromatic N) is 1. The quantitative estimate of drug-likeness (QED) is 0.865. The van der Waals surface area contributed by atoms with Gasteiger partial charge in [0.25, 0.3) is 0 Å². The second-order valence-electron chi connectivity index (χ2n) is 3.80. The van der Waals surface area contributed by atoms with Gasteiger partial charge in [-0.25, -0.2) is 0 Å². The first-order valence-electron chi connectivity index (χ1n) is 5.38. The van der Waals surface area contributed by atoms with E-state index in [4.69, 9.17) is 5.73 Å². The van der Waals surface area contributed by atoms with Gasteiger partial charge in [0.1, 0.15) is 0 Å². The first-order valence-corrected chi connectivity index (χ1v) is 5.38. The molecule has 1 aromatic carbocycles. The molecule has 18 heavy (non-hydrogen) atoms. The molecule has 5 heteroatoms. The molecule has 0 saturated heterocycles. The van der Waals surface area contributed by atoms with Crippen molar-refractivity contribution in [1.29, 1.82) is 0 Å². The van der Waals surface area contributed by atoms with Gasteiger partial charge in [-0.1, -0.05) is 18.2 Å². The van der Waals surface area contributed by atoms with Gasteiger partial charge in [0.2, 0.25) is 0 Å². The van der Waals surface area contributed by atoms with Crippen molar-refractivity contribution in [2.75, 3.05) is 7.11 Å². The summed E-state index contributed by atoms with van der Waals surface area (Å²) in [6.07, 6.45) is 1.87. The lowest BCUT2D eigenvalue weighted by Gasteiger charge is -2.12. The van der Waals surface area contributed by atoms with Crippen LogP contribution in [0.15, 0.2) is 36.5 Å². The highest BCUT2D eigenvalue weighted by Crippen LogP contribution is 2.23. The number of hydrogen-bond acceptors (Lipinski definition) is 4. The highest BCUT2D eigenvalue weighted by atomic mass is 35.5. The predicted octanol–water partition coefficient (Wildman–Crippen LogP) is 2.22. The van der Waals surface area contributed by atoms with Crippen molar-refractivity contribution in [1.82, 2.24) is 4.98 Å². The number of ether oxygens (including phenoxy) is 1. The number of fused-ring (bicyclic) bond motifs is 1. The first-order chi connectivity index (χ1) is 8.22. The van der Waals surface area contributed by atoms with Gasteiger partial charge in [-0.2, -0.15) is 0 Å². The molecule has 0 aliphatic heterocycles. The minimum Gasteiger partial charge on any atom is -0.469 e. The van der Waals surface area contributed by atoms with E-state index in [-0.39, 0.29) is 30.8 Å². The molecule has 0 fully saturated rings. The maximum atomic E-state index is 11.2. The van der Waals surface area contributed by atoms with Crippen LogP contribution in [0, 0.1) is 0 Å². The van der Waals surface area contributed by atoms with Crippen molar-refractivity contribution in [3.05, 3.63) is 42.1 Å². The van der Waals surface area contributed by atoms with E-state index >= 15 is 0 Å². The molecule has 0 aliphatic rings. The average molecular weight is 267 g/mol. The summed E-state index contributed by atoms with van der Waals surface area (Å²) in [7, 11) is 1.36. The van der Waals surface area contributed by atoms with Crippen molar-refractivity contribution in [2.24, 2.45) is 5.73 Å². The Morgan fingerprint density at radius 2 is 2.11 bits per heavy atom. The van der Waals surface area contributed by atoms with E-state index in [1.54, 1.807) is 6.20 Å². The maximum Gasteiger partial charge on any atom is 0.307 e. The minimum atomic E-state index is -0.365.